The molecule has 0 aromatic rings. The van der Waals surface area contributed by atoms with Crippen LogP contribution in [0.15, 0.2) is 0 Å². The van der Waals surface area contributed by atoms with Gasteiger partial charge in [-0.05, 0) is 43.0 Å². The van der Waals surface area contributed by atoms with E-state index < -0.39 is 38.8 Å². The fourth-order valence-electron chi connectivity index (χ4n) is 3.02. The van der Waals surface area contributed by atoms with Crippen LogP contribution in [0.5, 0.6) is 0 Å². The zero-order chi connectivity index (χ0) is 18.6. The fourth-order valence-corrected chi connectivity index (χ4v) is 4.50. The smallest absolute Gasteiger partial charge is 0.319 e. The van der Waals surface area contributed by atoms with E-state index in [0.717, 1.165) is 19.4 Å². The normalized spacial score (nSPS) is 24.9. The van der Waals surface area contributed by atoms with Crippen LogP contribution in [0.4, 0.5) is 0 Å². The van der Waals surface area contributed by atoms with Crippen molar-refractivity contribution < 1.29 is 27.4 Å². The molecule has 0 radical (unpaired) electrons. The predicted octanol–water partition coefficient (Wildman–Crippen LogP) is -1.76. The van der Waals surface area contributed by atoms with Crippen molar-refractivity contribution in [1.82, 2.24) is 15.5 Å². The van der Waals surface area contributed by atoms with Crippen LogP contribution in [0, 0.1) is 0 Å². The Bertz CT molecular complexity index is 634. The Morgan fingerprint density at radius 3 is 2.60 bits per heavy atom. The minimum absolute atomic E-state index is 0.104. The third-order valence-electron chi connectivity index (χ3n) is 4.24. The van der Waals surface area contributed by atoms with Crippen molar-refractivity contribution in [3.63, 3.8) is 0 Å². The molecule has 0 saturated carbocycles. The van der Waals surface area contributed by atoms with E-state index in [-0.39, 0.29) is 22.7 Å². The number of hydrogen-bond donors (Lipinski definition) is 4. The van der Waals surface area contributed by atoms with E-state index in [0.29, 0.717) is 19.4 Å². The first-order chi connectivity index (χ1) is 11.7. The minimum Gasteiger partial charge on any atom is -0.368 e. The Kier molecular flexibility index (Phi) is 6.65. The lowest BCUT2D eigenvalue weighted by Crippen LogP contribution is -2.55. The molecule has 2 heterocycles. The second-order valence-corrected chi connectivity index (χ2v) is 9.41. The van der Waals surface area contributed by atoms with Gasteiger partial charge in [0.1, 0.15) is 12.1 Å². The maximum absolute atomic E-state index is 12.5. The molecule has 12 heteroatoms. The van der Waals surface area contributed by atoms with Gasteiger partial charge in [-0.3, -0.25) is 18.9 Å². The Hall–Kier alpha value is -1.37. The standard InChI is InChI=1S/C13H22N4O6S2/c14-11(18)9(7-24-25(21,22)23)16-12(19)10-4-2-6-17(10)13(20)8-3-1-5-15-8/h8-10,15H,1-7H2,(H2,14,18)(H,16,19)(H,21,22,23)/t8-,9-,10-/m0/s1. The van der Waals surface area contributed by atoms with Gasteiger partial charge in [0, 0.05) is 12.3 Å². The second kappa shape index (κ2) is 8.34. The van der Waals surface area contributed by atoms with Gasteiger partial charge in [-0.15, -0.1) is 0 Å². The third kappa shape index (κ3) is 5.56. The Morgan fingerprint density at radius 1 is 1.32 bits per heavy atom. The summed E-state index contributed by atoms with van der Waals surface area (Å²) in [5.74, 6) is -2.02. The SMILES string of the molecule is NC(=O)[C@H](CSS(=O)(=O)O)NC(=O)[C@@H]1CCCN1C(=O)[C@@H]1CCCN1. The maximum Gasteiger partial charge on any atom is 0.319 e. The number of nitrogens with two attached hydrogens (primary N) is 1. The average Bonchev–Trinajstić information content (AvgIpc) is 3.19. The number of nitrogens with one attached hydrogen (secondary N) is 2. The number of amides is 3. The largest absolute Gasteiger partial charge is 0.368 e. The monoisotopic (exact) mass is 394 g/mol. The summed E-state index contributed by atoms with van der Waals surface area (Å²) in [7, 11) is -4.25. The molecule has 0 aromatic heterocycles. The first-order valence-corrected chi connectivity index (χ1v) is 10.9. The van der Waals surface area contributed by atoms with Crippen molar-refractivity contribution >= 4 is 37.7 Å². The van der Waals surface area contributed by atoms with E-state index in [1.165, 1.54) is 4.90 Å². The van der Waals surface area contributed by atoms with Gasteiger partial charge in [0.25, 0.3) is 0 Å². The predicted molar refractivity (Wildman–Crippen MR) is 90.9 cm³/mol. The average molecular weight is 394 g/mol. The molecule has 2 rings (SSSR count). The first kappa shape index (κ1) is 19.9. The first-order valence-electron chi connectivity index (χ1n) is 7.94. The summed E-state index contributed by atoms with van der Waals surface area (Å²) in [4.78, 5) is 37.9. The van der Waals surface area contributed by atoms with Crippen LogP contribution in [0.3, 0.4) is 0 Å². The van der Waals surface area contributed by atoms with Gasteiger partial charge < -0.3 is 21.3 Å². The van der Waals surface area contributed by atoms with Gasteiger partial charge in [-0.1, -0.05) is 0 Å². The highest BCUT2D eigenvalue weighted by Gasteiger charge is 2.38. The number of primary amides is 1. The lowest BCUT2D eigenvalue weighted by Gasteiger charge is -2.27. The molecule has 10 nitrogen and oxygen atoms in total. The quantitative estimate of drug-likeness (QED) is 0.292. The van der Waals surface area contributed by atoms with Gasteiger partial charge in [0.05, 0.1) is 6.04 Å². The molecule has 142 valence electrons. The van der Waals surface area contributed by atoms with Crippen LogP contribution in [0.1, 0.15) is 25.7 Å². The van der Waals surface area contributed by atoms with Crippen LogP contribution in [-0.4, -0.2) is 72.6 Å². The highest BCUT2D eigenvalue weighted by atomic mass is 33.1. The summed E-state index contributed by atoms with van der Waals surface area (Å²) < 4.78 is 30.3. The van der Waals surface area contributed by atoms with Gasteiger partial charge >= 0.3 is 9.15 Å². The Labute approximate surface area is 149 Å². The number of hydrogen-bond acceptors (Lipinski definition) is 7. The second-order valence-electron chi connectivity index (χ2n) is 6.01. The van der Waals surface area contributed by atoms with E-state index in [4.69, 9.17) is 10.3 Å². The van der Waals surface area contributed by atoms with E-state index in [1.54, 1.807) is 0 Å². The van der Waals surface area contributed by atoms with Gasteiger partial charge in [0.15, 0.2) is 0 Å². The molecule has 0 unspecified atom stereocenters. The maximum atomic E-state index is 12.5. The number of likely N-dealkylation sites (tertiary alicyclic amines) is 1. The summed E-state index contributed by atoms with van der Waals surface area (Å²) in [6, 6.07) is -2.27. The van der Waals surface area contributed by atoms with E-state index in [9.17, 15) is 22.8 Å². The zero-order valence-corrected chi connectivity index (χ0v) is 15.1. The molecular weight excluding hydrogens is 372 g/mol. The van der Waals surface area contributed by atoms with Crippen molar-refractivity contribution in [2.75, 3.05) is 18.8 Å². The number of carbonyl (C=O) groups excluding carboxylic acids is 3. The molecule has 25 heavy (non-hydrogen) atoms. The molecule has 0 aromatic carbocycles. The van der Waals surface area contributed by atoms with Crippen LogP contribution in [-0.2, 0) is 23.5 Å². The van der Waals surface area contributed by atoms with E-state index >= 15 is 0 Å². The molecule has 2 fully saturated rings. The molecular formula is C13H22N4O6S2. The van der Waals surface area contributed by atoms with Crippen LogP contribution in [0.2, 0.25) is 0 Å². The topological polar surface area (TPSA) is 159 Å². The summed E-state index contributed by atoms with van der Waals surface area (Å²) in [5, 5.41) is 5.48. The van der Waals surface area contributed by atoms with Crippen molar-refractivity contribution in [2.24, 2.45) is 5.73 Å². The molecule has 2 saturated heterocycles. The molecule has 2 aliphatic heterocycles. The Morgan fingerprint density at radius 2 is 2.04 bits per heavy atom. The number of carbonyl (C=O) groups is 3. The van der Waals surface area contributed by atoms with Crippen molar-refractivity contribution in [3.05, 3.63) is 0 Å². The van der Waals surface area contributed by atoms with Gasteiger partial charge in [-0.25, -0.2) is 0 Å². The summed E-state index contributed by atoms with van der Waals surface area (Å²) >= 11 is 0. The molecule has 5 N–H and O–H groups in total. The highest BCUT2D eigenvalue weighted by Crippen LogP contribution is 2.21. The molecule has 3 amide bonds. The van der Waals surface area contributed by atoms with Crippen molar-refractivity contribution in [3.8, 4) is 0 Å². The molecule has 0 spiro atoms. The van der Waals surface area contributed by atoms with Gasteiger partial charge in [0.2, 0.25) is 17.7 Å². The van der Waals surface area contributed by atoms with E-state index in [2.05, 4.69) is 10.6 Å². The van der Waals surface area contributed by atoms with Crippen LogP contribution >= 0.6 is 10.8 Å². The molecule has 0 bridgehead atoms. The van der Waals surface area contributed by atoms with E-state index in [1.807, 2.05) is 0 Å². The number of rotatable bonds is 7. The minimum atomic E-state index is -4.36. The summed E-state index contributed by atoms with van der Waals surface area (Å²) in [6.45, 7) is 1.22. The molecule has 3 atom stereocenters. The summed E-state index contributed by atoms with van der Waals surface area (Å²) in [6.07, 6.45) is 2.75. The zero-order valence-electron chi connectivity index (χ0n) is 13.5. The summed E-state index contributed by atoms with van der Waals surface area (Å²) in [5.41, 5.74) is 5.17. The molecule has 0 aliphatic carbocycles. The fraction of sp³-hybridized carbons (Fsp3) is 0.769. The highest BCUT2D eigenvalue weighted by molar-refractivity contribution is 8.69. The van der Waals surface area contributed by atoms with Crippen LogP contribution < -0.4 is 16.4 Å². The van der Waals surface area contributed by atoms with Crippen molar-refractivity contribution in [1.29, 1.82) is 0 Å². The third-order valence-corrected chi connectivity index (χ3v) is 6.31. The Balaban J connectivity index is 1.99. The van der Waals surface area contributed by atoms with Crippen molar-refractivity contribution in [2.45, 2.75) is 43.8 Å². The lowest BCUT2D eigenvalue weighted by atomic mass is 10.1. The number of nitrogens with zero attached hydrogens (tertiary/aromatic N) is 1. The van der Waals surface area contributed by atoms with Crippen LogP contribution in [0.25, 0.3) is 0 Å². The lowest BCUT2D eigenvalue weighted by molar-refractivity contribution is -0.140. The molecule has 2 aliphatic rings. The van der Waals surface area contributed by atoms with Gasteiger partial charge in [-0.2, -0.15) is 8.42 Å².